The molecule has 2 amide bonds. The number of rotatable bonds is 9. The van der Waals surface area contributed by atoms with Gasteiger partial charge in [0.1, 0.15) is 5.75 Å². The van der Waals surface area contributed by atoms with Crippen LogP contribution in [0.1, 0.15) is 30.1 Å². The van der Waals surface area contributed by atoms with Crippen LogP contribution in [0.5, 0.6) is 5.75 Å². The third-order valence-electron chi connectivity index (χ3n) is 3.78. The van der Waals surface area contributed by atoms with E-state index in [9.17, 15) is 18.0 Å². The minimum Gasteiger partial charge on any atom is -0.492 e. The summed E-state index contributed by atoms with van der Waals surface area (Å²) in [4.78, 5) is 24.0. The largest absolute Gasteiger partial charge is 0.492 e. The van der Waals surface area contributed by atoms with Crippen molar-refractivity contribution >= 4 is 45.0 Å². The van der Waals surface area contributed by atoms with Crippen molar-refractivity contribution in [2.75, 3.05) is 13.2 Å². The summed E-state index contributed by atoms with van der Waals surface area (Å²) in [6.45, 7) is 2.18. The summed E-state index contributed by atoms with van der Waals surface area (Å²) >= 11 is 11.8. The molecule has 0 saturated carbocycles. The normalized spacial score (nSPS) is 11.0. The zero-order chi connectivity index (χ0) is 22.1. The fourth-order valence-corrected chi connectivity index (χ4v) is 3.83. The molecule has 11 heteroatoms. The molecule has 0 aliphatic carbocycles. The molecular weight excluding hydrogens is 453 g/mol. The first kappa shape index (κ1) is 23.9. The Balaban J connectivity index is 1.74. The average Bonchev–Trinajstić information content (AvgIpc) is 2.70. The lowest BCUT2D eigenvalue weighted by Gasteiger charge is -2.10. The van der Waals surface area contributed by atoms with Crippen molar-refractivity contribution < 1.29 is 22.7 Å². The summed E-state index contributed by atoms with van der Waals surface area (Å²) in [5, 5.41) is 0.875. The lowest BCUT2D eigenvalue weighted by atomic mass is 10.2. The highest BCUT2D eigenvalue weighted by Gasteiger charge is 2.14. The lowest BCUT2D eigenvalue weighted by molar-refractivity contribution is -0.122. The first-order chi connectivity index (χ1) is 14.2. The van der Waals surface area contributed by atoms with Crippen LogP contribution in [-0.2, 0) is 14.8 Å². The van der Waals surface area contributed by atoms with Gasteiger partial charge in [-0.1, -0.05) is 30.1 Å². The first-order valence-electron chi connectivity index (χ1n) is 8.99. The molecule has 0 radical (unpaired) electrons. The van der Waals surface area contributed by atoms with Crippen LogP contribution in [-0.4, -0.2) is 33.4 Å². The van der Waals surface area contributed by atoms with Crippen molar-refractivity contribution in [3.8, 4) is 5.75 Å². The van der Waals surface area contributed by atoms with Crippen LogP contribution in [0.2, 0.25) is 10.0 Å². The van der Waals surface area contributed by atoms with Gasteiger partial charge in [-0.25, -0.2) is 13.1 Å². The highest BCUT2D eigenvalue weighted by Crippen LogP contribution is 2.27. The summed E-state index contributed by atoms with van der Waals surface area (Å²) in [5.74, 6) is -0.505. The van der Waals surface area contributed by atoms with Crippen molar-refractivity contribution in [1.29, 1.82) is 0 Å². The lowest BCUT2D eigenvalue weighted by Crippen LogP contribution is -2.41. The van der Waals surface area contributed by atoms with Gasteiger partial charge in [0, 0.05) is 23.6 Å². The van der Waals surface area contributed by atoms with E-state index in [2.05, 4.69) is 15.6 Å². The molecule has 0 fully saturated rings. The van der Waals surface area contributed by atoms with E-state index in [-0.39, 0.29) is 30.0 Å². The highest BCUT2D eigenvalue weighted by molar-refractivity contribution is 7.89. The summed E-state index contributed by atoms with van der Waals surface area (Å²) in [5.41, 5.74) is 4.77. The maximum Gasteiger partial charge on any atom is 0.269 e. The fraction of sp³-hybridized carbons (Fsp3) is 0.263. The van der Waals surface area contributed by atoms with Crippen LogP contribution >= 0.6 is 23.2 Å². The molecule has 0 aromatic heterocycles. The summed E-state index contributed by atoms with van der Waals surface area (Å²) in [6, 6.07) is 10.2. The van der Waals surface area contributed by atoms with Gasteiger partial charge in [0.2, 0.25) is 15.9 Å². The Bertz CT molecular complexity index is 998. The zero-order valence-corrected chi connectivity index (χ0v) is 18.4. The van der Waals surface area contributed by atoms with Gasteiger partial charge in [-0.3, -0.25) is 20.4 Å². The third kappa shape index (κ3) is 7.17. The number of carbonyl (C=O) groups excluding carboxylic acids is 2. The van der Waals surface area contributed by atoms with E-state index in [1.54, 1.807) is 25.1 Å². The van der Waals surface area contributed by atoms with Crippen LogP contribution < -0.4 is 20.3 Å². The minimum absolute atomic E-state index is 0.0470. The molecule has 0 saturated heterocycles. The quantitative estimate of drug-likeness (QED) is 0.382. The van der Waals surface area contributed by atoms with E-state index in [4.69, 9.17) is 27.9 Å². The predicted molar refractivity (Wildman–Crippen MR) is 114 cm³/mol. The summed E-state index contributed by atoms with van der Waals surface area (Å²) in [7, 11) is -3.59. The van der Waals surface area contributed by atoms with Gasteiger partial charge in [0.05, 0.1) is 16.5 Å². The van der Waals surface area contributed by atoms with Crippen LogP contribution in [0, 0.1) is 0 Å². The van der Waals surface area contributed by atoms with Crippen LogP contribution in [0.4, 0.5) is 0 Å². The van der Waals surface area contributed by atoms with Crippen LogP contribution in [0.3, 0.4) is 0 Å². The SMILES string of the molecule is CCNS(=O)(=O)c1ccc(C(=O)NNC(=O)CCCOc2ccc(Cl)cc2Cl)cc1. The van der Waals surface area contributed by atoms with Gasteiger partial charge < -0.3 is 4.74 Å². The highest BCUT2D eigenvalue weighted by atomic mass is 35.5. The molecule has 0 bridgehead atoms. The fourth-order valence-electron chi connectivity index (χ4n) is 2.33. The predicted octanol–water partition coefficient (Wildman–Crippen LogP) is 2.91. The molecule has 2 rings (SSSR count). The van der Waals surface area contributed by atoms with Crippen LogP contribution in [0.25, 0.3) is 0 Å². The van der Waals surface area contributed by atoms with Gasteiger partial charge in [-0.05, 0) is 48.9 Å². The number of ether oxygens (including phenoxy) is 1. The standard InChI is InChI=1S/C19H21Cl2N3O5S/c1-2-22-30(27,28)15-8-5-13(6-9-15)19(26)24-23-18(25)4-3-11-29-17-10-7-14(20)12-16(17)21/h5-10,12,22H,2-4,11H2,1H3,(H,23,25)(H,24,26). The minimum atomic E-state index is -3.59. The zero-order valence-electron chi connectivity index (χ0n) is 16.1. The molecule has 3 N–H and O–H groups in total. The van der Waals surface area contributed by atoms with Gasteiger partial charge >= 0.3 is 0 Å². The maximum absolute atomic E-state index is 12.1. The molecular formula is C19H21Cl2N3O5S. The topological polar surface area (TPSA) is 114 Å². The van der Waals surface area contributed by atoms with E-state index in [1.165, 1.54) is 24.3 Å². The molecule has 162 valence electrons. The van der Waals surface area contributed by atoms with E-state index in [1.807, 2.05) is 0 Å². The van der Waals surface area contributed by atoms with E-state index in [0.717, 1.165) is 0 Å². The van der Waals surface area contributed by atoms with Crippen molar-refractivity contribution in [1.82, 2.24) is 15.6 Å². The number of benzene rings is 2. The number of carbonyl (C=O) groups is 2. The molecule has 2 aromatic carbocycles. The number of hydrogen-bond donors (Lipinski definition) is 3. The van der Waals surface area contributed by atoms with Crippen LogP contribution in [0.15, 0.2) is 47.4 Å². The second-order valence-corrected chi connectivity index (χ2v) is 8.67. The monoisotopic (exact) mass is 473 g/mol. The van der Waals surface area contributed by atoms with E-state index in [0.29, 0.717) is 22.2 Å². The Kier molecular flexibility index (Phi) is 8.91. The first-order valence-corrected chi connectivity index (χ1v) is 11.2. The van der Waals surface area contributed by atoms with Crippen molar-refractivity contribution in [3.05, 3.63) is 58.1 Å². The third-order valence-corrected chi connectivity index (χ3v) is 5.87. The summed E-state index contributed by atoms with van der Waals surface area (Å²) < 4.78 is 31.6. The molecule has 0 aliphatic rings. The number of hydrogen-bond acceptors (Lipinski definition) is 5. The number of nitrogens with one attached hydrogen (secondary N) is 3. The Morgan fingerprint density at radius 2 is 1.73 bits per heavy atom. The second-order valence-electron chi connectivity index (χ2n) is 6.05. The van der Waals surface area contributed by atoms with Gasteiger partial charge in [-0.2, -0.15) is 0 Å². The molecule has 0 aliphatic heterocycles. The Hall–Kier alpha value is -2.33. The van der Waals surface area contributed by atoms with E-state index >= 15 is 0 Å². The number of sulfonamides is 1. The number of hydrazine groups is 1. The Morgan fingerprint density at radius 1 is 1.03 bits per heavy atom. The Labute approximate surface area is 184 Å². The van der Waals surface area contributed by atoms with Gasteiger partial charge in [0.25, 0.3) is 5.91 Å². The van der Waals surface area contributed by atoms with E-state index < -0.39 is 21.8 Å². The van der Waals surface area contributed by atoms with Gasteiger partial charge in [-0.15, -0.1) is 0 Å². The molecule has 0 spiro atoms. The number of halogens is 2. The molecule has 30 heavy (non-hydrogen) atoms. The molecule has 8 nitrogen and oxygen atoms in total. The Morgan fingerprint density at radius 3 is 2.37 bits per heavy atom. The molecule has 0 unspecified atom stereocenters. The molecule has 2 aromatic rings. The molecule has 0 heterocycles. The molecule has 0 atom stereocenters. The van der Waals surface area contributed by atoms with Crippen molar-refractivity contribution in [3.63, 3.8) is 0 Å². The van der Waals surface area contributed by atoms with Crippen molar-refractivity contribution in [2.24, 2.45) is 0 Å². The second kappa shape index (κ2) is 11.2. The average molecular weight is 474 g/mol. The van der Waals surface area contributed by atoms with Gasteiger partial charge in [0.15, 0.2) is 0 Å². The number of amides is 2. The maximum atomic E-state index is 12.1. The van der Waals surface area contributed by atoms with Crippen molar-refractivity contribution in [2.45, 2.75) is 24.7 Å². The smallest absolute Gasteiger partial charge is 0.269 e. The summed E-state index contributed by atoms with van der Waals surface area (Å²) in [6.07, 6.45) is 0.517.